The first-order valence-corrected chi connectivity index (χ1v) is 5.67. The van der Waals surface area contributed by atoms with Crippen LogP contribution in [0.3, 0.4) is 0 Å². The number of benzene rings is 1. The molecule has 6 heteroatoms. The normalized spacial score (nSPS) is 10.2. The lowest BCUT2D eigenvalue weighted by Crippen LogP contribution is -2.28. The molecule has 0 fully saturated rings. The highest BCUT2D eigenvalue weighted by molar-refractivity contribution is 5.91. The number of aryl methyl sites for hydroxylation is 1. The van der Waals surface area contributed by atoms with Crippen molar-refractivity contribution in [1.82, 2.24) is 15.3 Å². The van der Waals surface area contributed by atoms with Crippen LogP contribution in [0.15, 0.2) is 47.3 Å². The number of hydroxylamine groups is 1. The quantitative estimate of drug-likeness (QED) is 0.818. The van der Waals surface area contributed by atoms with Crippen molar-refractivity contribution in [2.45, 2.75) is 6.61 Å². The lowest BCUT2D eigenvalue weighted by molar-refractivity contribution is 0.0227. The van der Waals surface area contributed by atoms with Gasteiger partial charge in [0.2, 0.25) is 0 Å². The van der Waals surface area contributed by atoms with Crippen LogP contribution < -0.4 is 11.0 Å². The van der Waals surface area contributed by atoms with Gasteiger partial charge in [0.1, 0.15) is 0 Å². The molecule has 2 rings (SSSR count). The van der Waals surface area contributed by atoms with Gasteiger partial charge in [-0.3, -0.25) is 14.4 Å². The maximum atomic E-state index is 11.7. The van der Waals surface area contributed by atoms with Crippen LogP contribution >= 0.6 is 0 Å². The molecule has 2 aromatic rings. The zero-order chi connectivity index (χ0) is 13.7. The Morgan fingerprint density at radius 2 is 2.00 bits per heavy atom. The molecule has 0 spiro atoms. The average molecular weight is 259 g/mol. The summed E-state index contributed by atoms with van der Waals surface area (Å²) in [5, 5.41) is 3.81. The highest BCUT2D eigenvalue weighted by atomic mass is 16.6. The number of hydrogen-bond donors (Lipinski definition) is 1. The molecule has 0 aliphatic heterocycles. The number of aromatic nitrogens is 2. The molecule has 0 saturated carbocycles. The molecule has 0 saturated heterocycles. The first-order valence-electron chi connectivity index (χ1n) is 5.67. The molecule has 98 valence electrons. The lowest BCUT2D eigenvalue weighted by atomic mass is 10.2. The molecule has 0 aliphatic rings. The number of hydrogen-bond acceptors (Lipinski definition) is 4. The first kappa shape index (κ1) is 13.0. The van der Waals surface area contributed by atoms with Gasteiger partial charge in [0.25, 0.3) is 11.5 Å². The maximum Gasteiger partial charge on any atom is 0.295 e. The molecule has 1 heterocycles. The van der Waals surface area contributed by atoms with Gasteiger partial charge < -0.3 is 0 Å². The number of nitrogens with one attached hydrogen (secondary N) is 1. The van der Waals surface area contributed by atoms with Gasteiger partial charge in [0.05, 0.1) is 6.61 Å². The fraction of sp³-hybridized carbons (Fsp3) is 0.154. The molecule has 19 heavy (non-hydrogen) atoms. The van der Waals surface area contributed by atoms with Gasteiger partial charge in [-0.2, -0.15) is 5.10 Å². The van der Waals surface area contributed by atoms with Crippen LogP contribution in [0, 0.1) is 0 Å². The van der Waals surface area contributed by atoms with Crippen molar-refractivity contribution < 1.29 is 9.63 Å². The molecule has 1 N–H and O–H groups in total. The Morgan fingerprint density at radius 1 is 1.26 bits per heavy atom. The number of carbonyl (C=O) groups excluding carboxylic acids is 1. The minimum Gasteiger partial charge on any atom is -0.269 e. The zero-order valence-corrected chi connectivity index (χ0v) is 10.4. The third kappa shape index (κ3) is 3.49. The van der Waals surface area contributed by atoms with E-state index >= 15 is 0 Å². The summed E-state index contributed by atoms with van der Waals surface area (Å²) < 4.78 is 1.09. The van der Waals surface area contributed by atoms with E-state index < -0.39 is 5.91 Å². The summed E-state index contributed by atoms with van der Waals surface area (Å²) in [7, 11) is 1.48. The van der Waals surface area contributed by atoms with Gasteiger partial charge in [-0.05, 0) is 11.6 Å². The zero-order valence-electron chi connectivity index (χ0n) is 10.4. The van der Waals surface area contributed by atoms with Gasteiger partial charge in [-0.1, -0.05) is 30.3 Å². The second kappa shape index (κ2) is 5.92. The second-order valence-electron chi connectivity index (χ2n) is 3.89. The number of amides is 1. The van der Waals surface area contributed by atoms with Crippen molar-refractivity contribution >= 4 is 5.91 Å². The van der Waals surface area contributed by atoms with E-state index in [1.165, 1.54) is 19.2 Å². The van der Waals surface area contributed by atoms with Crippen LogP contribution in [0.5, 0.6) is 0 Å². The highest BCUT2D eigenvalue weighted by Crippen LogP contribution is 1.99. The summed E-state index contributed by atoms with van der Waals surface area (Å²) in [6.45, 7) is 0.262. The van der Waals surface area contributed by atoms with Gasteiger partial charge in [-0.25, -0.2) is 10.2 Å². The van der Waals surface area contributed by atoms with E-state index in [-0.39, 0.29) is 17.9 Å². The van der Waals surface area contributed by atoms with E-state index in [0.29, 0.717) is 0 Å². The summed E-state index contributed by atoms with van der Waals surface area (Å²) >= 11 is 0. The van der Waals surface area contributed by atoms with Crippen molar-refractivity contribution in [3.63, 3.8) is 0 Å². The molecule has 1 aromatic heterocycles. The maximum absolute atomic E-state index is 11.7. The molecule has 1 amide bonds. The predicted octanol–water partition coefficient (Wildman–Crippen LogP) is 0.642. The van der Waals surface area contributed by atoms with Crippen LogP contribution in [0.25, 0.3) is 0 Å². The molecular formula is C13H13N3O3. The van der Waals surface area contributed by atoms with Gasteiger partial charge in [0.15, 0.2) is 5.69 Å². The van der Waals surface area contributed by atoms with E-state index in [1.807, 2.05) is 30.3 Å². The van der Waals surface area contributed by atoms with Crippen LogP contribution in [0.2, 0.25) is 0 Å². The van der Waals surface area contributed by atoms with Crippen molar-refractivity contribution in [3.05, 3.63) is 64.1 Å². The van der Waals surface area contributed by atoms with Gasteiger partial charge in [-0.15, -0.1) is 0 Å². The standard InChI is InChI=1S/C13H13N3O3/c1-16-12(17)8-7-11(14-16)13(18)15-19-9-10-5-3-2-4-6-10/h2-8H,9H2,1H3,(H,15,18). The van der Waals surface area contributed by atoms with Crippen molar-refractivity contribution in [1.29, 1.82) is 0 Å². The number of nitrogens with zero attached hydrogens (tertiary/aromatic N) is 2. The smallest absolute Gasteiger partial charge is 0.269 e. The third-order valence-corrected chi connectivity index (χ3v) is 2.44. The van der Waals surface area contributed by atoms with Crippen LogP contribution in [0.1, 0.15) is 16.1 Å². The summed E-state index contributed by atoms with van der Waals surface area (Å²) in [6.07, 6.45) is 0. The SMILES string of the molecule is Cn1nc(C(=O)NOCc2ccccc2)ccc1=O. The monoisotopic (exact) mass is 259 g/mol. The van der Waals surface area contributed by atoms with E-state index in [1.54, 1.807) is 0 Å². The molecule has 0 bridgehead atoms. The highest BCUT2D eigenvalue weighted by Gasteiger charge is 2.08. The van der Waals surface area contributed by atoms with Gasteiger partial charge in [0, 0.05) is 13.1 Å². The molecule has 6 nitrogen and oxygen atoms in total. The number of carbonyl (C=O) groups is 1. The summed E-state index contributed by atoms with van der Waals surface area (Å²) in [5.74, 6) is -0.494. The second-order valence-corrected chi connectivity index (χ2v) is 3.89. The van der Waals surface area contributed by atoms with Crippen molar-refractivity contribution in [2.75, 3.05) is 0 Å². The Hall–Kier alpha value is -2.47. The molecule has 0 unspecified atom stereocenters. The summed E-state index contributed by atoms with van der Waals surface area (Å²) in [6, 6.07) is 12.1. The van der Waals surface area contributed by atoms with E-state index in [0.717, 1.165) is 10.2 Å². The predicted molar refractivity (Wildman–Crippen MR) is 68.2 cm³/mol. The van der Waals surface area contributed by atoms with Crippen LogP contribution in [0.4, 0.5) is 0 Å². The summed E-state index contributed by atoms with van der Waals surface area (Å²) in [4.78, 5) is 27.9. The Balaban J connectivity index is 1.91. The van der Waals surface area contributed by atoms with Crippen molar-refractivity contribution in [3.8, 4) is 0 Å². The largest absolute Gasteiger partial charge is 0.295 e. The van der Waals surface area contributed by atoms with Crippen molar-refractivity contribution in [2.24, 2.45) is 7.05 Å². The Morgan fingerprint density at radius 3 is 2.68 bits per heavy atom. The van der Waals surface area contributed by atoms with E-state index in [4.69, 9.17) is 4.84 Å². The number of rotatable bonds is 4. The molecule has 0 radical (unpaired) electrons. The fourth-order valence-corrected chi connectivity index (χ4v) is 1.43. The first-order chi connectivity index (χ1) is 9.16. The molecule has 0 aliphatic carbocycles. The minimum absolute atomic E-state index is 0.121. The Labute approximate surface area is 109 Å². The van der Waals surface area contributed by atoms with E-state index in [9.17, 15) is 9.59 Å². The van der Waals surface area contributed by atoms with Crippen LogP contribution in [-0.2, 0) is 18.5 Å². The lowest BCUT2D eigenvalue weighted by Gasteiger charge is -2.06. The molecule has 0 atom stereocenters. The Bertz CT molecular complexity index is 623. The Kier molecular flexibility index (Phi) is 4.04. The molecule has 1 aromatic carbocycles. The van der Waals surface area contributed by atoms with E-state index in [2.05, 4.69) is 10.6 Å². The molecular weight excluding hydrogens is 246 g/mol. The summed E-state index contributed by atoms with van der Waals surface area (Å²) in [5.41, 5.74) is 3.06. The third-order valence-electron chi connectivity index (χ3n) is 2.44. The fourth-order valence-electron chi connectivity index (χ4n) is 1.43. The van der Waals surface area contributed by atoms with Gasteiger partial charge >= 0.3 is 0 Å². The topological polar surface area (TPSA) is 73.2 Å². The minimum atomic E-state index is -0.494. The average Bonchev–Trinajstić information content (AvgIpc) is 2.43. The van der Waals surface area contributed by atoms with Crippen LogP contribution in [-0.4, -0.2) is 15.7 Å².